The topological polar surface area (TPSA) is 49.3 Å². The summed E-state index contributed by atoms with van der Waals surface area (Å²) in [6, 6.07) is 0. The maximum absolute atomic E-state index is 11.2. The van der Waals surface area contributed by atoms with Crippen LogP contribution in [0, 0.1) is 5.41 Å². The maximum atomic E-state index is 11.2. The van der Waals surface area contributed by atoms with Crippen molar-refractivity contribution in [2.24, 2.45) is 5.41 Å². The van der Waals surface area contributed by atoms with Gasteiger partial charge in [-0.25, -0.2) is 0 Å². The number of hydrogen-bond acceptors (Lipinski definition) is 2. The molecule has 0 rings (SSSR count). The van der Waals surface area contributed by atoms with Gasteiger partial charge in [0.25, 0.3) is 0 Å². The third-order valence-electron chi connectivity index (χ3n) is 1.99. The summed E-state index contributed by atoms with van der Waals surface area (Å²) in [5.41, 5.74) is 0.311. The molecular formula is C13H31NO2. The zero-order valence-electron chi connectivity index (χ0n) is 11.6. The van der Waals surface area contributed by atoms with Gasteiger partial charge in [-0.3, -0.25) is 4.79 Å². The summed E-state index contributed by atoms with van der Waals surface area (Å²) in [5, 5.41) is 11.3. The minimum Gasteiger partial charge on any atom is -0.396 e. The second kappa shape index (κ2) is 10.9. The number of amides is 1. The molecule has 0 bridgehead atoms. The third-order valence-corrected chi connectivity index (χ3v) is 1.99. The van der Waals surface area contributed by atoms with Gasteiger partial charge < -0.3 is 10.4 Å². The van der Waals surface area contributed by atoms with E-state index in [0.29, 0.717) is 24.8 Å². The number of nitrogens with one attached hydrogen (secondary N) is 1. The molecular weight excluding hydrogens is 202 g/mol. The summed E-state index contributed by atoms with van der Waals surface area (Å²) >= 11 is 0. The minimum absolute atomic E-state index is 0. The molecule has 2 N–H and O–H groups in total. The standard InChI is InChI=1S/C11H23NO2.C2H6.H2/c1-11(2,3)7-4-6-10(14)12-8-5-9-13;1-2;/h13H,4-9H2,1-3H3,(H,12,14);1-2H3;1H. The van der Waals surface area contributed by atoms with E-state index in [2.05, 4.69) is 26.1 Å². The Labute approximate surface area is 102 Å². The van der Waals surface area contributed by atoms with E-state index < -0.39 is 0 Å². The van der Waals surface area contributed by atoms with E-state index in [0.717, 1.165) is 12.8 Å². The number of hydrogen-bond donors (Lipinski definition) is 2. The molecule has 0 aromatic rings. The Morgan fingerprint density at radius 2 is 1.81 bits per heavy atom. The Balaban J connectivity index is -0.000000616. The van der Waals surface area contributed by atoms with Crippen molar-refractivity contribution in [3.05, 3.63) is 0 Å². The molecule has 0 spiro atoms. The summed E-state index contributed by atoms with van der Waals surface area (Å²) in [5.74, 6) is 0.0997. The normalized spacial score (nSPS) is 10.4. The lowest BCUT2D eigenvalue weighted by Crippen LogP contribution is -2.24. The first-order valence-corrected chi connectivity index (χ1v) is 6.33. The Kier molecular flexibility index (Phi) is 12.2. The predicted octanol–water partition coefficient (Wildman–Crippen LogP) is 2.97. The molecule has 1 amide bonds. The molecule has 3 nitrogen and oxygen atoms in total. The quantitative estimate of drug-likeness (QED) is 0.693. The maximum Gasteiger partial charge on any atom is 0.219 e. The lowest BCUT2D eigenvalue weighted by Gasteiger charge is -2.17. The molecule has 0 aliphatic carbocycles. The summed E-state index contributed by atoms with van der Waals surface area (Å²) in [6.45, 7) is 11.3. The molecule has 0 heterocycles. The summed E-state index contributed by atoms with van der Waals surface area (Å²) in [6.07, 6.45) is 3.25. The highest BCUT2D eigenvalue weighted by atomic mass is 16.3. The molecule has 0 unspecified atom stereocenters. The van der Waals surface area contributed by atoms with Crippen LogP contribution in [-0.2, 0) is 4.79 Å². The number of aliphatic hydroxyl groups excluding tert-OH is 1. The van der Waals surface area contributed by atoms with Crippen molar-refractivity contribution in [2.75, 3.05) is 13.2 Å². The molecule has 0 radical (unpaired) electrons. The van der Waals surface area contributed by atoms with Crippen molar-refractivity contribution in [1.82, 2.24) is 5.32 Å². The van der Waals surface area contributed by atoms with Crippen LogP contribution in [0.25, 0.3) is 0 Å². The van der Waals surface area contributed by atoms with Crippen molar-refractivity contribution in [3.8, 4) is 0 Å². The van der Waals surface area contributed by atoms with Gasteiger partial charge in [0.15, 0.2) is 0 Å². The van der Waals surface area contributed by atoms with Gasteiger partial charge in [-0.2, -0.15) is 0 Å². The van der Waals surface area contributed by atoms with E-state index in [9.17, 15) is 4.79 Å². The highest BCUT2D eigenvalue weighted by Gasteiger charge is 2.10. The SMILES string of the molecule is CC.CC(C)(C)CCCC(=O)NCCCO.[HH]. The molecule has 0 saturated heterocycles. The fraction of sp³-hybridized carbons (Fsp3) is 0.923. The van der Waals surface area contributed by atoms with E-state index in [4.69, 9.17) is 5.11 Å². The van der Waals surface area contributed by atoms with Crippen LogP contribution in [0.2, 0.25) is 0 Å². The molecule has 0 fully saturated rings. The third kappa shape index (κ3) is 15.9. The van der Waals surface area contributed by atoms with Crippen LogP contribution in [0.4, 0.5) is 0 Å². The predicted molar refractivity (Wildman–Crippen MR) is 71.5 cm³/mol. The first kappa shape index (κ1) is 17.8. The van der Waals surface area contributed by atoms with Gasteiger partial charge in [-0.05, 0) is 24.7 Å². The minimum atomic E-state index is 0. The van der Waals surface area contributed by atoms with Gasteiger partial charge in [0.1, 0.15) is 0 Å². The van der Waals surface area contributed by atoms with E-state index in [1.807, 2.05) is 13.8 Å². The smallest absolute Gasteiger partial charge is 0.219 e. The largest absolute Gasteiger partial charge is 0.396 e. The second-order valence-electron chi connectivity index (χ2n) is 4.84. The van der Waals surface area contributed by atoms with Gasteiger partial charge in [-0.15, -0.1) is 0 Å². The lowest BCUT2D eigenvalue weighted by atomic mass is 9.90. The Bertz CT molecular complexity index is 167. The van der Waals surface area contributed by atoms with Crippen LogP contribution in [0.5, 0.6) is 0 Å². The summed E-state index contributed by atoms with van der Waals surface area (Å²) in [4.78, 5) is 11.2. The highest BCUT2D eigenvalue weighted by molar-refractivity contribution is 5.75. The van der Waals surface area contributed by atoms with Crippen LogP contribution in [-0.4, -0.2) is 24.2 Å². The van der Waals surface area contributed by atoms with E-state index in [1.54, 1.807) is 0 Å². The van der Waals surface area contributed by atoms with Crippen molar-refractivity contribution >= 4 is 5.91 Å². The molecule has 0 aromatic carbocycles. The van der Waals surface area contributed by atoms with Crippen LogP contribution in [0.1, 0.15) is 61.7 Å². The highest BCUT2D eigenvalue weighted by Crippen LogP contribution is 2.21. The van der Waals surface area contributed by atoms with Gasteiger partial charge >= 0.3 is 0 Å². The molecule has 100 valence electrons. The van der Waals surface area contributed by atoms with Crippen molar-refractivity contribution in [3.63, 3.8) is 0 Å². The van der Waals surface area contributed by atoms with Crippen molar-refractivity contribution < 1.29 is 11.3 Å². The van der Waals surface area contributed by atoms with Gasteiger partial charge in [0, 0.05) is 21.0 Å². The second-order valence-corrected chi connectivity index (χ2v) is 4.84. The van der Waals surface area contributed by atoms with Crippen LogP contribution in [0.3, 0.4) is 0 Å². The lowest BCUT2D eigenvalue weighted by molar-refractivity contribution is -0.121. The molecule has 16 heavy (non-hydrogen) atoms. The molecule has 0 aromatic heterocycles. The zero-order valence-corrected chi connectivity index (χ0v) is 11.6. The van der Waals surface area contributed by atoms with E-state index in [1.165, 1.54) is 0 Å². The average Bonchev–Trinajstić information content (AvgIpc) is 2.19. The van der Waals surface area contributed by atoms with Crippen LogP contribution >= 0.6 is 0 Å². The molecule has 0 aliphatic heterocycles. The van der Waals surface area contributed by atoms with Gasteiger partial charge in [-0.1, -0.05) is 34.6 Å². The van der Waals surface area contributed by atoms with Crippen LogP contribution in [0.15, 0.2) is 0 Å². The first-order chi connectivity index (χ1) is 7.45. The number of rotatable bonds is 6. The van der Waals surface area contributed by atoms with Gasteiger partial charge in [0.05, 0.1) is 0 Å². The van der Waals surface area contributed by atoms with E-state index in [-0.39, 0.29) is 13.9 Å². The number of aliphatic hydroxyl groups is 1. The van der Waals surface area contributed by atoms with Crippen molar-refractivity contribution in [1.29, 1.82) is 0 Å². The average molecular weight is 233 g/mol. The number of carbonyl (C=O) groups is 1. The molecule has 3 heteroatoms. The molecule has 0 atom stereocenters. The monoisotopic (exact) mass is 233 g/mol. The summed E-state index contributed by atoms with van der Waals surface area (Å²) < 4.78 is 0. The van der Waals surface area contributed by atoms with E-state index >= 15 is 0 Å². The van der Waals surface area contributed by atoms with Crippen LogP contribution < -0.4 is 5.32 Å². The number of carbonyl (C=O) groups excluding carboxylic acids is 1. The summed E-state index contributed by atoms with van der Waals surface area (Å²) in [7, 11) is 0. The zero-order chi connectivity index (χ0) is 13.0. The van der Waals surface area contributed by atoms with Gasteiger partial charge in [0.2, 0.25) is 5.91 Å². The Hall–Kier alpha value is -0.570. The Morgan fingerprint density at radius 3 is 2.25 bits per heavy atom. The first-order valence-electron chi connectivity index (χ1n) is 6.33. The fourth-order valence-electron chi connectivity index (χ4n) is 1.17. The molecule has 0 saturated carbocycles. The molecule has 0 aliphatic rings. The fourth-order valence-corrected chi connectivity index (χ4v) is 1.17. The Morgan fingerprint density at radius 1 is 1.25 bits per heavy atom. The van der Waals surface area contributed by atoms with Crippen molar-refractivity contribution in [2.45, 2.75) is 60.3 Å².